The second-order valence-corrected chi connectivity index (χ2v) is 5.29. The van der Waals surface area contributed by atoms with E-state index < -0.39 is 5.97 Å². The molecule has 1 fully saturated rings. The number of benzene rings is 2. The zero-order valence-electron chi connectivity index (χ0n) is 11.0. The van der Waals surface area contributed by atoms with Crippen LogP contribution >= 0.6 is 0 Å². The van der Waals surface area contributed by atoms with Gasteiger partial charge in [0.25, 0.3) is 0 Å². The number of hydrogen-bond donors (Lipinski definition) is 2. The van der Waals surface area contributed by atoms with Gasteiger partial charge in [-0.3, -0.25) is 0 Å². The molecular weight excluding hydrogens is 252 g/mol. The average Bonchev–Trinajstić information content (AvgIpc) is 2.37. The minimum atomic E-state index is -1.11. The summed E-state index contributed by atoms with van der Waals surface area (Å²) in [6.07, 6.45) is 3.76. The number of carboxylic acids is 1. The fourth-order valence-electron chi connectivity index (χ4n) is 2.60. The molecule has 1 aliphatic rings. The highest BCUT2D eigenvalue weighted by Crippen LogP contribution is 2.38. The number of aromatic carboxylic acids is 1. The molecule has 0 saturated heterocycles. The third-order valence-corrected chi connectivity index (χ3v) is 4.02. The van der Waals surface area contributed by atoms with Crippen molar-refractivity contribution in [2.24, 2.45) is 0 Å². The van der Waals surface area contributed by atoms with Gasteiger partial charge in [-0.05, 0) is 47.6 Å². The largest absolute Gasteiger partial charge is 0.507 e. The summed E-state index contributed by atoms with van der Waals surface area (Å²) in [5.41, 5.74) is 3.08. The first-order chi connectivity index (χ1) is 9.65. The lowest BCUT2D eigenvalue weighted by atomic mass is 9.79. The monoisotopic (exact) mass is 268 g/mol. The maximum atomic E-state index is 11.1. The van der Waals surface area contributed by atoms with E-state index in [1.807, 2.05) is 12.1 Å². The van der Waals surface area contributed by atoms with Crippen molar-refractivity contribution in [3.8, 4) is 16.9 Å². The van der Waals surface area contributed by atoms with Crippen LogP contribution in [0, 0.1) is 0 Å². The summed E-state index contributed by atoms with van der Waals surface area (Å²) >= 11 is 0. The second kappa shape index (κ2) is 5.00. The number of aromatic hydroxyl groups is 1. The Morgan fingerprint density at radius 2 is 1.80 bits per heavy atom. The molecule has 3 rings (SSSR count). The van der Waals surface area contributed by atoms with Crippen molar-refractivity contribution in [2.75, 3.05) is 0 Å². The third kappa shape index (κ3) is 2.27. The summed E-state index contributed by atoms with van der Waals surface area (Å²) in [6, 6.07) is 13.0. The van der Waals surface area contributed by atoms with Crippen LogP contribution in [0.3, 0.4) is 0 Å². The molecule has 0 aromatic heterocycles. The number of hydrogen-bond acceptors (Lipinski definition) is 2. The zero-order chi connectivity index (χ0) is 14.1. The molecule has 1 aliphatic carbocycles. The molecule has 2 aromatic carbocycles. The van der Waals surface area contributed by atoms with Crippen LogP contribution in [-0.2, 0) is 0 Å². The van der Waals surface area contributed by atoms with Crippen LogP contribution in [0.15, 0.2) is 42.5 Å². The molecule has 3 heteroatoms. The Balaban J connectivity index is 2.00. The molecule has 3 nitrogen and oxygen atoms in total. The fourth-order valence-corrected chi connectivity index (χ4v) is 2.60. The zero-order valence-corrected chi connectivity index (χ0v) is 11.0. The highest BCUT2D eigenvalue weighted by molar-refractivity contribution is 5.92. The number of phenols is 1. The van der Waals surface area contributed by atoms with Gasteiger partial charge in [0, 0.05) is 0 Å². The molecule has 2 aromatic rings. The van der Waals surface area contributed by atoms with Crippen molar-refractivity contribution in [3.63, 3.8) is 0 Å². The number of carbonyl (C=O) groups is 1. The minimum Gasteiger partial charge on any atom is -0.507 e. The normalized spacial score (nSPS) is 14.8. The molecule has 0 atom stereocenters. The standard InChI is InChI=1S/C17H16O3/c18-16-8-7-14(10-15(16)17(19)20)13-6-2-5-12(9-13)11-3-1-4-11/h2,5-11,18H,1,3-4H2,(H,19,20). The van der Waals surface area contributed by atoms with Crippen LogP contribution in [0.2, 0.25) is 0 Å². The summed E-state index contributed by atoms with van der Waals surface area (Å²) in [7, 11) is 0. The van der Waals surface area contributed by atoms with Crippen LogP contribution in [0.1, 0.15) is 41.1 Å². The molecule has 0 radical (unpaired) electrons. The van der Waals surface area contributed by atoms with E-state index in [0.717, 1.165) is 11.1 Å². The van der Waals surface area contributed by atoms with Crippen molar-refractivity contribution in [1.82, 2.24) is 0 Å². The predicted molar refractivity (Wildman–Crippen MR) is 77.1 cm³/mol. The predicted octanol–water partition coefficient (Wildman–Crippen LogP) is 4.02. The second-order valence-electron chi connectivity index (χ2n) is 5.29. The highest BCUT2D eigenvalue weighted by Gasteiger charge is 2.19. The van der Waals surface area contributed by atoms with Crippen LogP contribution in [0.5, 0.6) is 5.75 Å². The van der Waals surface area contributed by atoms with E-state index in [1.165, 1.54) is 37.0 Å². The van der Waals surface area contributed by atoms with Gasteiger partial charge in [-0.25, -0.2) is 4.79 Å². The van der Waals surface area contributed by atoms with Gasteiger partial charge in [0.2, 0.25) is 0 Å². The molecule has 0 aliphatic heterocycles. The van der Waals surface area contributed by atoms with E-state index in [9.17, 15) is 9.90 Å². The Labute approximate surface area is 117 Å². The Morgan fingerprint density at radius 3 is 2.45 bits per heavy atom. The maximum absolute atomic E-state index is 11.1. The topological polar surface area (TPSA) is 57.5 Å². The van der Waals surface area contributed by atoms with Gasteiger partial charge in [-0.15, -0.1) is 0 Å². The van der Waals surface area contributed by atoms with Crippen LogP contribution < -0.4 is 0 Å². The van der Waals surface area contributed by atoms with Crippen molar-refractivity contribution in [1.29, 1.82) is 0 Å². The molecule has 0 bridgehead atoms. The van der Waals surface area contributed by atoms with Gasteiger partial charge >= 0.3 is 5.97 Å². The first kappa shape index (κ1) is 12.7. The molecule has 20 heavy (non-hydrogen) atoms. The summed E-state index contributed by atoms with van der Waals surface area (Å²) < 4.78 is 0. The molecular formula is C17H16O3. The quantitative estimate of drug-likeness (QED) is 0.883. The molecule has 0 amide bonds. The van der Waals surface area contributed by atoms with Gasteiger partial charge < -0.3 is 10.2 Å². The summed E-state index contributed by atoms with van der Waals surface area (Å²) in [6.45, 7) is 0. The number of rotatable bonds is 3. The third-order valence-electron chi connectivity index (χ3n) is 4.02. The van der Waals surface area contributed by atoms with E-state index in [0.29, 0.717) is 5.92 Å². The maximum Gasteiger partial charge on any atom is 0.339 e. The van der Waals surface area contributed by atoms with Crippen LogP contribution in [-0.4, -0.2) is 16.2 Å². The van der Waals surface area contributed by atoms with Crippen LogP contribution in [0.4, 0.5) is 0 Å². The van der Waals surface area contributed by atoms with Gasteiger partial charge in [0.1, 0.15) is 11.3 Å². The van der Waals surface area contributed by atoms with E-state index >= 15 is 0 Å². The van der Waals surface area contributed by atoms with Crippen molar-refractivity contribution >= 4 is 5.97 Å². The van der Waals surface area contributed by atoms with E-state index in [2.05, 4.69) is 12.1 Å². The lowest BCUT2D eigenvalue weighted by Crippen LogP contribution is -2.08. The first-order valence-electron chi connectivity index (χ1n) is 6.82. The summed E-state index contributed by atoms with van der Waals surface area (Å²) in [5.74, 6) is -0.665. The summed E-state index contributed by atoms with van der Waals surface area (Å²) in [4.78, 5) is 11.1. The van der Waals surface area contributed by atoms with Gasteiger partial charge in [-0.1, -0.05) is 36.8 Å². The minimum absolute atomic E-state index is 0.0588. The molecule has 0 heterocycles. The molecule has 0 spiro atoms. The smallest absolute Gasteiger partial charge is 0.339 e. The van der Waals surface area contributed by atoms with Crippen LogP contribution in [0.25, 0.3) is 11.1 Å². The molecule has 102 valence electrons. The van der Waals surface area contributed by atoms with Gasteiger partial charge in [0.05, 0.1) is 0 Å². The lowest BCUT2D eigenvalue weighted by molar-refractivity contribution is 0.0694. The number of carboxylic acid groups (broad SMARTS) is 1. The SMILES string of the molecule is O=C(O)c1cc(-c2cccc(C3CCC3)c2)ccc1O. The van der Waals surface area contributed by atoms with Gasteiger partial charge in [0.15, 0.2) is 0 Å². The lowest BCUT2D eigenvalue weighted by Gasteiger charge is -2.26. The summed E-state index contributed by atoms with van der Waals surface area (Å²) in [5, 5.41) is 18.6. The average molecular weight is 268 g/mol. The Bertz CT molecular complexity index is 657. The Kier molecular flexibility index (Phi) is 3.18. The van der Waals surface area contributed by atoms with Crippen molar-refractivity contribution in [2.45, 2.75) is 25.2 Å². The van der Waals surface area contributed by atoms with E-state index in [1.54, 1.807) is 6.07 Å². The molecule has 0 unspecified atom stereocenters. The van der Waals surface area contributed by atoms with E-state index in [-0.39, 0.29) is 11.3 Å². The fraction of sp³-hybridized carbons (Fsp3) is 0.235. The van der Waals surface area contributed by atoms with Gasteiger partial charge in [-0.2, -0.15) is 0 Å². The first-order valence-corrected chi connectivity index (χ1v) is 6.82. The molecule has 1 saturated carbocycles. The highest BCUT2D eigenvalue weighted by atomic mass is 16.4. The van der Waals surface area contributed by atoms with Crippen molar-refractivity contribution in [3.05, 3.63) is 53.6 Å². The Morgan fingerprint density at radius 1 is 1.05 bits per heavy atom. The van der Waals surface area contributed by atoms with Crippen molar-refractivity contribution < 1.29 is 15.0 Å². The Hall–Kier alpha value is -2.29. The van der Waals surface area contributed by atoms with E-state index in [4.69, 9.17) is 5.11 Å². The molecule has 2 N–H and O–H groups in total.